The van der Waals surface area contributed by atoms with Crippen molar-refractivity contribution in [1.29, 1.82) is 0 Å². The molecular formula is C19H13F17O2. The molecule has 1 N–H and O–H groups in total. The molecule has 0 aliphatic rings. The molecule has 0 saturated carbocycles. The first-order chi connectivity index (χ1) is 16.4. The van der Waals surface area contributed by atoms with Crippen LogP contribution in [0.1, 0.15) is 36.2 Å². The quantitative estimate of drug-likeness (QED) is 0.225. The van der Waals surface area contributed by atoms with Crippen LogP contribution >= 0.6 is 0 Å². The Kier molecular flexibility index (Phi) is 8.08. The Labute approximate surface area is 200 Å². The summed E-state index contributed by atoms with van der Waals surface area (Å²) in [4.78, 5) is 11.6. The zero-order valence-electron chi connectivity index (χ0n) is 18.3. The zero-order chi connectivity index (χ0) is 30.8. The highest BCUT2D eigenvalue weighted by Crippen LogP contribution is 2.64. The Bertz CT molecular complexity index is 1040. The fourth-order valence-corrected chi connectivity index (χ4v) is 3.09. The SMILES string of the molecule is CC(=O)c1ccccc1C(C)(O)CC(F)(F)C(F)(F)C(F)(F)C(F)(F)C(F)(F)C(F)(F)C(F)(F)C(F)(F)F. The molecule has 0 amide bonds. The first-order valence-corrected chi connectivity index (χ1v) is 9.42. The normalized spacial score (nSPS) is 16.8. The van der Waals surface area contributed by atoms with Gasteiger partial charge >= 0.3 is 47.6 Å². The van der Waals surface area contributed by atoms with Crippen LogP contribution in [0.2, 0.25) is 0 Å². The molecular weight excluding hydrogens is 583 g/mol. The maximum atomic E-state index is 14.3. The molecule has 0 heterocycles. The van der Waals surface area contributed by atoms with Gasteiger partial charge in [-0.05, 0) is 19.4 Å². The number of Topliss-reactive ketones (excluding diaryl/α,β-unsaturated/α-hetero) is 1. The average molecular weight is 596 g/mol. The van der Waals surface area contributed by atoms with Crippen LogP contribution in [-0.4, -0.2) is 58.5 Å². The van der Waals surface area contributed by atoms with Crippen molar-refractivity contribution in [2.45, 2.75) is 73.5 Å². The van der Waals surface area contributed by atoms with Crippen molar-refractivity contribution >= 4 is 5.78 Å². The summed E-state index contributed by atoms with van der Waals surface area (Å²) in [6.45, 7) is 0.872. The van der Waals surface area contributed by atoms with Gasteiger partial charge < -0.3 is 5.11 Å². The van der Waals surface area contributed by atoms with Crippen LogP contribution in [0.25, 0.3) is 0 Å². The highest BCUT2D eigenvalue weighted by molar-refractivity contribution is 5.95. The molecule has 0 aromatic heterocycles. The van der Waals surface area contributed by atoms with E-state index in [9.17, 15) is 84.5 Å². The van der Waals surface area contributed by atoms with Crippen LogP contribution in [0.4, 0.5) is 74.6 Å². The third-order valence-electron chi connectivity index (χ3n) is 5.24. The highest BCUT2D eigenvalue weighted by atomic mass is 19.4. The summed E-state index contributed by atoms with van der Waals surface area (Å²) >= 11 is 0. The molecule has 0 aliphatic carbocycles. The Morgan fingerprint density at radius 1 is 0.632 bits per heavy atom. The maximum Gasteiger partial charge on any atom is 0.460 e. The number of carbonyl (C=O) groups excluding carboxylic acids is 1. The van der Waals surface area contributed by atoms with Crippen molar-refractivity contribution < 1.29 is 84.5 Å². The molecule has 1 aromatic carbocycles. The summed E-state index contributed by atoms with van der Waals surface area (Å²) in [6.07, 6.45) is -10.9. The van der Waals surface area contributed by atoms with Crippen molar-refractivity contribution in [1.82, 2.24) is 0 Å². The maximum absolute atomic E-state index is 14.3. The van der Waals surface area contributed by atoms with Gasteiger partial charge in [-0.3, -0.25) is 4.79 Å². The number of ketones is 1. The summed E-state index contributed by atoms with van der Waals surface area (Å²) in [6, 6.07) is 3.27. The first kappa shape index (κ1) is 33.7. The van der Waals surface area contributed by atoms with E-state index in [4.69, 9.17) is 0 Å². The third kappa shape index (κ3) is 4.67. The van der Waals surface area contributed by atoms with Crippen LogP contribution in [0, 0.1) is 0 Å². The molecule has 38 heavy (non-hydrogen) atoms. The summed E-state index contributed by atoms with van der Waals surface area (Å²) in [5, 5.41) is 10.2. The molecule has 2 nitrogen and oxygen atoms in total. The lowest BCUT2D eigenvalue weighted by Gasteiger charge is -2.43. The Morgan fingerprint density at radius 3 is 1.34 bits per heavy atom. The summed E-state index contributed by atoms with van der Waals surface area (Å²) in [5.41, 5.74) is -5.27. The van der Waals surface area contributed by atoms with E-state index in [-0.39, 0.29) is 6.92 Å². The van der Waals surface area contributed by atoms with Gasteiger partial charge in [0.2, 0.25) is 0 Å². The van der Waals surface area contributed by atoms with E-state index in [1.165, 1.54) is 0 Å². The van der Waals surface area contributed by atoms with Crippen LogP contribution in [-0.2, 0) is 5.60 Å². The number of carbonyl (C=O) groups is 1. The number of alkyl halides is 17. The summed E-state index contributed by atoms with van der Waals surface area (Å²) in [5.74, 6) is -58.5. The molecule has 0 radical (unpaired) electrons. The van der Waals surface area contributed by atoms with E-state index < -0.39 is 76.6 Å². The molecule has 0 aliphatic heterocycles. The summed E-state index contributed by atoms with van der Waals surface area (Å²) < 4.78 is 228. The second-order valence-electron chi connectivity index (χ2n) is 8.20. The van der Waals surface area contributed by atoms with Gasteiger partial charge in [-0.15, -0.1) is 0 Å². The van der Waals surface area contributed by atoms with Gasteiger partial charge in [0.15, 0.2) is 5.78 Å². The number of halogens is 17. The van der Waals surface area contributed by atoms with Gasteiger partial charge in [0.05, 0.1) is 12.0 Å². The molecule has 1 rings (SSSR count). The number of benzene rings is 1. The topological polar surface area (TPSA) is 37.3 Å². The number of aliphatic hydroxyl groups is 1. The van der Waals surface area contributed by atoms with Crippen molar-refractivity contribution in [3.05, 3.63) is 35.4 Å². The fraction of sp³-hybridized carbons (Fsp3) is 0.632. The van der Waals surface area contributed by atoms with Crippen molar-refractivity contribution in [3.63, 3.8) is 0 Å². The monoisotopic (exact) mass is 596 g/mol. The minimum absolute atomic E-state index is 0.141. The lowest BCUT2D eigenvalue weighted by molar-refractivity contribution is -0.462. The Morgan fingerprint density at radius 2 is 0.974 bits per heavy atom. The van der Waals surface area contributed by atoms with Gasteiger partial charge in [-0.1, -0.05) is 24.3 Å². The van der Waals surface area contributed by atoms with Gasteiger partial charge in [0, 0.05) is 5.56 Å². The molecule has 1 unspecified atom stereocenters. The molecule has 0 spiro atoms. The van der Waals surface area contributed by atoms with E-state index in [1.807, 2.05) is 0 Å². The average Bonchev–Trinajstić information content (AvgIpc) is 2.71. The predicted octanol–water partition coefficient (Wildman–Crippen LogP) is 7.50. The zero-order valence-corrected chi connectivity index (χ0v) is 18.3. The molecule has 19 heteroatoms. The smallest absolute Gasteiger partial charge is 0.385 e. The van der Waals surface area contributed by atoms with E-state index >= 15 is 0 Å². The molecule has 0 fully saturated rings. The fourth-order valence-electron chi connectivity index (χ4n) is 3.09. The van der Waals surface area contributed by atoms with Crippen molar-refractivity contribution in [2.75, 3.05) is 0 Å². The molecule has 1 aromatic rings. The lowest BCUT2D eigenvalue weighted by Crippen LogP contribution is -2.74. The van der Waals surface area contributed by atoms with Gasteiger partial charge in [-0.2, -0.15) is 74.6 Å². The number of hydrogen-bond acceptors (Lipinski definition) is 2. The molecule has 0 saturated heterocycles. The van der Waals surface area contributed by atoms with Crippen LogP contribution < -0.4 is 0 Å². The van der Waals surface area contributed by atoms with Crippen LogP contribution in [0.5, 0.6) is 0 Å². The Hall–Kier alpha value is -2.34. The number of hydrogen-bond donors (Lipinski definition) is 1. The van der Waals surface area contributed by atoms with Gasteiger partial charge in [0.25, 0.3) is 0 Å². The standard InChI is InChI=1S/C19H13F17O2/c1-8(37)9-5-3-4-6-10(9)11(2,38)7-12(20,21)13(22,23)14(24,25)15(26,27)16(28,29)17(30,31)18(32,33)19(34,35)36/h3-6,38H,7H2,1-2H3. The van der Waals surface area contributed by atoms with E-state index in [2.05, 4.69) is 0 Å². The second-order valence-corrected chi connectivity index (χ2v) is 8.20. The van der Waals surface area contributed by atoms with Crippen molar-refractivity contribution in [3.8, 4) is 0 Å². The third-order valence-corrected chi connectivity index (χ3v) is 5.24. The van der Waals surface area contributed by atoms with E-state index in [0.29, 0.717) is 6.07 Å². The van der Waals surface area contributed by atoms with Crippen LogP contribution in [0.15, 0.2) is 24.3 Å². The van der Waals surface area contributed by atoms with Gasteiger partial charge in [-0.25, -0.2) is 0 Å². The number of rotatable bonds is 10. The first-order valence-electron chi connectivity index (χ1n) is 9.42. The highest BCUT2D eigenvalue weighted by Gasteiger charge is 2.95. The molecule has 0 bridgehead atoms. The second kappa shape index (κ2) is 9.11. The minimum atomic E-state index is -8.73. The van der Waals surface area contributed by atoms with Crippen molar-refractivity contribution in [2.24, 2.45) is 0 Å². The lowest BCUT2D eigenvalue weighted by atomic mass is 9.81. The minimum Gasteiger partial charge on any atom is -0.385 e. The largest absolute Gasteiger partial charge is 0.460 e. The molecule has 220 valence electrons. The Balaban J connectivity index is 3.68. The molecule has 1 atom stereocenters. The van der Waals surface area contributed by atoms with E-state index in [0.717, 1.165) is 25.1 Å². The van der Waals surface area contributed by atoms with E-state index in [1.54, 1.807) is 0 Å². The van der Waals surface area contributed by atoms with Crippen LogP contribution in [0.3, 0.4) is 0 Å². The van der Waals surface area contributed by atoms with Gasteiger partial charge in [0.1, 0.15) is 0 Å². The predicted molar refractivity (Wildman–Crippen MR) is 91.3 cm³/mol. The summed E-state index contributed by atoms with van der Waals surface area (Å²) in [7, 11) is 0.